The van der Waals surface area contributed by atoms with E-state index in [4.69, 9.17) is 17.3 Å². The van der Waals surface area contributed by atoms with Crippen molar-refractivity contribution in [2.45, 2.75) is 37.4 Å². The molecule has 3 N–H and O–H groups in total. The Hall–Kier alpha value is -3.94. The topological polar surface area (TPSA) is 124 Å². The van der Waals surface area contributed by atoms with Crippen LogP contribution in [0, 0.1) is 0 Å². The minimum Gasteiger partial charge on any atom is -0.383 e. The zero-order valence-electron chi connectivity index (χ0n) is 18.8. The predicted molar refractivity (Wildman–Crippen MR) is 123 cm³/mol. The van der Waals surface area contributed by atoms with Crippen molar-refractivity contribution in [1.29, 1.82) is 0 Å². The van der Waals surface area contributed by atoms with Gasteiger partial charge < -0.3 is 11.1 Å². The Morgan fingerprint density at radius 2 is 1.84 bits per heavy atom. The highest BCUT2D eigenvalue weighted by Gasteiger charge is 2.57. The summed E-state index contributed by atoms with van der Waals surface area (Å²) in [6.07, 6.45) is -4.31. The smallest absolute Gasteiger partial charge is 0.383 e. The molecule has 1 aliphatic heterocycles. The third-order valence-corrected chi connectivity index (χ3v) is 6.35. The summed E-state index contributed by atoms with van der Waals surface area (Å²) in [4.78, 5) is 29.9. The Morgan fingerprint density at radius 1 is 1.14 bits per heavy atom. The minimum atomic E-state index is -5.71. The monoisotopic (exact) mass is 538 g/mol. The van der Waals surface area contributed by atoms with E-state index in [1.807, 2.05) is 0 Å². The molecule has 9 nitrogen and oxygen atoms in total. The van der Waals surface area contributed by atoms with E-state index in [9.17, 15) is 26.7 Å². The highest BCUT2D eigenvalue weighted by molar-refractivity contribution is 6.31. The summed E-state index contributed by atoms with van der Waals surface area (Å²) in [5, 5.41) is 7.38. The van der Waals surface area contributed by atoms with E-state index in [1.54, 1.807) is 13.0 Å². The number of carbonyl (C=O) groups is 1. The molecule has 1 atom stereocenters. The zero-order chi connectivity index (χ0) is 26.8. The average molecular weight is 539 g/mol. The van der Waals surface area contributed by atoms with E-state index < -0.39 is 36.4 Å². The Balaban J connectivity index is 1.61. The van der Waals surface area contributed by atoms with Crippen LogP contribution < -0.4 is 11.1 Å². The highest BCUT2D eigenvalue weighted by Crippen LogP contribution is 2.44. The molecule has 192 valence electrons. The van der Waals surface area contributed by atoms with Crippen LogP contribution in [0.4, 0.5) is 33.6 Å². The Labute approximate surface area is 209 Å². The number of hydrogen-bond donors (Lipinski definition) is 2. The van der Waals surface area contributed by atoms with Crippen molar-refractivity contribution < 1.29 is 26.7 Å². The lowest BCUT2D eigenvalue weighted by atomic mass is 9.83. The number of nitrogens with zero attached hydrogens (tertiary/aromatic N) is 6. The largest absolute Gasteiger partial charge is 0.453 e. The number of benzene rings is 1. The van der Waals surface area contributed by atoms with Gasteiger partial charge in [0, 0.05) is 35.8 Å². The van der Waals surface area contributed by atoms with Gasteiger partial charge >= 0.3 is 12.1 Å². The van der Waals surface area contributed by atoms with Crippen molar-refractivity contribution >= 4 is 40.0 Å². The van der Waals surface area contributed by atoms with Crippen LogP contribution >= 0.6 is 11.6 Å². The first-order valence-corrected chi connectivity index (χ1v) is 11.1. The minimum absolute atomic E-state index is 0.0512. The second-order valence-corrected chi connectivity index (χ2v) is 8.93. The van der Waals surface area contributed by atoms with Crippen molar-refractivity contribution in [2.75, 3.05) is 11.1 Å². The molecule has 1 amide bonds. The molecule has 3 aromatic heterocycles. The van der Waals surface area contributed by atoms with Crippen LogP contribution in [0.3, 0.4) is 0 Å². The van der Waals surface area contributed by atoms with E-state index in [2.05, 4.69) is 30.4 Å². The third-order valence-electron chi connectivity index (χ3n) is 6.11. The van der Waals surface area contributed by atoms with Gasteiger partial charge in [-0.25, -0.2) is 19.9 Å². The number of alkyl halides is 5. The van der Waals surface area contributed by atoms with Crippen molar-refractivity contribution in [2.24, 2.45) is 0 Å². The third kappa shape index (κ3) is 3.91. The molecule has 0 saturated carbocycles. The van der Waals surface area contributed by atoms with Crippen LogP contribution in [0.2, 0.25) is 5.02 Å². The summed E-state index contributed by atoms with van der Waals surface area (Å²) >= 11 is 6.04. The first-order chi connectivity index (χ1) is 17.3. The van der Waals surface area contributed by atoms with Crippen molar-refractivity contribution in [1.82, 2.24) is 29.7 Å². The lowest BCUT2D eigenvalue weighted by Crippen LogP contribution is -2.37. The maximum Gasteiger partial charge on any atom is 0.453 e. The Morgan fingerprint density at radius 3 is 2.51 bits per heavy atom. The van der Waals surface area contributed by atoms with E-state index >= 15 is 0 Å². The lowest BCUT2D eigenvalue weighted by molar-refractivity contribution is -0.285. The van der Waals surface area contributed by atoms with Gasteiger partial charge in [-0.1, -0.05) is 11.6 Å². The number of nitrogens with two attached hydrogens (primary N) is 1. The molecule has 0 radical (unpaired) electrons. The summed E-state index contributed by atoms with van der Waals surface area (Å²) in [6.45, 7) is 0.791. The fraction of sp³-hybridized carbons (Fsp3) is 0.273. The second-order valence-electron chi connectivity index (χ2n) is 8.49. The summed E-state index contributed by atoms with van der Waals surface area (Å²) in [7, 11) is 0. The number of aromatic nitrogens is 6. The number of amides is 1. The molecule has 15 heteroatoms. The van der Waals surface area contributed by atoms with Crippen LogP contribution in [0.5, 0.6) is 0 Å². The number of hydrogen-bond acceptors (Lipinski definition) is 7. The van der Waals surface area contributed by atoms with Crippen molar-refractivity contribution in [3.8, 4) is 11.5 Å². The maximum atomic E-state index is 13.6. The van der Waals surface area contributed by atoms with Gasteiger partial charge in [0.25, 0.3) is 0 Å². The number of nitrogens with one attached hydrogen (secondary N) is 1. The maximum absolute atomic E-state index is 13.6. The molecular formula is C22H16ClF5N8O. The fourth-order valence-electron chi connectivity index (χ4n) is 4.15. The van der Waals surface area contributed by atoms with Gasteiger partial charge in [-0.2, -0.15) is 27.1 Å². The molecule has 0 spiro atoms. The van der Waals surface area contributed by atoms with Crippen LogP contribution in [0.1, 0.15) is 24.7 Å². The molecule has 0 bridgehead atoms. The summed E-state index contributed by atoms with van der Waals surface area (Å²) in [6, 6.07) is 5.96. The number of nitrogen functional groups attached to an aromatic ring is 1. The fourth-order valence-corrected chi connectivity index (χ4v) is 4.32. The van der Waals surface area contributed by atoms with Gasteiger partial charge in [-0.15, -0.1) is 0 Å². The molecule has 4 heterocycles. The number of halogens is 6. The van der Waals surface area contributed by atoms with Gasteiger partial charge in [0.15, 0.2) is 5.82 Å². The number of rotatable bonds is 5. The first kappa shape index (κ1) is 24.7. The standard InChI is InChI=1S/C22H16ClF5N8O/c1-20(18-30-6-2-7-31-18)13-15(29)32-17(33-16(13)34-19(20)37)14-11-4-3-10(23)9-12(11)36(35-14)8-5-21(24,25)22(26,27)28/h2-4,6-7,9H,5,8H2,1H3,(H3,29,32,33,34,37). The van der Waals surface area contributed by atoms with E-state index in [0.29, 0.717) is 5.39 Å². The Bertz CT molecular complexity index is 1540. The van der Waals surface area contributed by atoms with E-state index in [1.165, 1.54) is 30.6 Å². The van der Waals surface area contributed by atoms with Crippen LogP contribution in [0.25, 0.3) is 22.4 Å². The number of anilines is 2. The van der Waals surface area contributed by atoms with Crippen molar-refractivity contribution in [3.05, 3.63) is 53.1 Å². The van der Waals surface area contributed by atoms with Gasteiger partial charge in [0.2, 0.25) is 5.91 Å². The summed E-state index contributed by atoms with van der Waals surface area (Å²) in [5.41, 5.74) is 5.33. The molecule has 4 aromatic rings. The molecular weight excluding hydrogens is 523 g/mol. The molecule has 0 saturated heterocycles. The van der Waals surface area contributed by atoms with E-state index in [0.717, 1.165) is 4.68 Å². The molecule has 37 heavy (non-hydrogen) atoms. The number of fused-ring (bicyclic) bond motifs is 2. The normalized spacial score (nSPS) is 17.8. The summed E-state index contributed by atoms with van der Waals surface area (Å²) in [5.74, 6) is -5.35. The predicted octanol–water partition coefficient (Wildman–Crippen LogP) is 4.36. The summed E-state index contributed by atoms with van der Waals surface area (Å²) < 4.78 is 66.2. The molecule has 1 unspecified atom stereocenters. The van der Waals surface area contributed by atoms with Gasteiger partial charge in [0.1, 0.15) is 28.6 Å². The molecule has 0 aliphatic carbocycles. The molecule has 5 rings (SSSR count). The van der Waals surface area contributed by atoms with Gasteiger partial charge in [-0.05, 0) is 31.2 Å². The second kappa shape index (κ2) is 8.30. The van der Waals surface area contributed by atoms with Crippen LogP contribution in [-0.4, -0.2) is 47.7 Å². The highest BCUT2D eigenvalue weighted by atomic mass is 35.5. The average Bonchev–Trinajstić information content (AvgIpc) is 3.32. The van der Waals surface area contributed by atoms with Gasteiger partial charge in [-0.3, -0.25) is 9.48 Å². The molecule has 1 aromatic carbocycles. The number of aryl methyl sites for hydroxylation is 1. The molecule has 1 aliphatic rings. The SMILES string of the molecule is CC1(c2ncccn2)C(=O)Nc2nc(-c3nn(CCC(F)(F)C(F)(F)F)c4cc(Cl)ccc34)nc(N)c21. The Kier molecular flexibility index (Phi) is 5.55. The zero-order valence-corrected chi connectivity index (χ0v) is 19.6. The van der Waals surface area contributed by atoms with Gasteiger partial charge in [0.05, 0.1) is 11.1 Å². The lowest BCUT2D eigenvalue weighted by Gasteiger charge is -2.20. The van der Waals surface area contributed by atoms with E-state index in [-0.39, 0.29) is 45.1 Å². The first-order valence-electron chi connectivity index (χ1n) is 10.7. The van der Waals surface area contributed by atoms with Crippen LogP contribution in [0.15, 0.2) is 36.7 Å². The number of carbonyl (C=O) groups excluding carboxylic acids is 1. The van der Waals surface area contributed by atoms with Crippen LogP contribution in [-0.2, 0) is 16.8 Å². The van der Waals surface area contributed by atoms with Crippen molar-refractivity contribution in [3.63, 3.8) is 0 Å². The molecule has 0 fully saturated rings. The quantitative estimate of drug-likeness (QED) is 0.362.